The van der Waals surface area contributed by atoms with Gasteiger partial charge in [-0.05, 0) is 35.3 Å². The molecule has 1 heteroatoms. The minimum absolute atomic E-state index is 0.245. The zero-order valence-electron chi connectivity index (χ0n) is 11.4. The first-order chi connectivity index (χ1) is 7.95. The van der Waals surface area contributed by atoms with E-state index in [1.54, 1.807) is 0 Å². The fraction of sp³-hybridized carbons (Fsp3) is 0.625. The average molecular weight is 231 g/mol. The minimum Gasteiger partial charge on any atom is -0.327 e. The van der Waals surface area contributed by atoms with Crippen LogP contribution in [0, 0.1) is 5.92 Å². The molecule has 1 unspecified atom stereocenters. The molecule has 2 N–H and O–H groups in total. The van der Waals surface area contributed by atoms with Crippen molar-refractivity contribution < 1.29 is 0 Å². The van der Waals surface area contributed by atoms with Crippen LogP contribution < -0.4 is 5.73 Å². The summed E-state index contributed by atoms with van der Waals surface area (Å²) < 4.78 is 0. The summed E-state index contributed by atoms with van der Waals surface area (Å²) in [5, 5.41) is 0. The summed E-state index contributed by atoms with van der Waals surface area (Å²) in [4.78, 5) is 0. The Hall–Kier alpha value is -0.820. The Bertz CT molecular complexity index is 354. The quantitative estimate of drug-likeness (QED) is 0.841. The van der Waals surface area contributed by atoms with Crippen LogP contribution >= 0.6 is 0 Å². The van der Waals surface area contributed by atoms with Crippen LogP contribution in [0.1, 0.15) is 51.2 Å². The Morgan fingerprint density at radius 2 is 1.76 bits per heavy atom. The van der Waals surface area contributed by atoms with Gasteiger partial charge in [0.25, 0.3) is 0 Å². The van der Waals surface area contributed by atoms with Crippen LogP contribution in [0.2, 0.25) is 0 Å². The molecule has 1 aromatic carbocycles. The average Bonchev–Trinajstić information content (AvgIpc) is 3.01. The van der Waals surface area contributed by atoms with E-state index >= 15 is 0 Å². The minimum atomic E-state index is 0.245. The summed E-state index contributed by atoms with van der Waals surface area (Å²) >= 11 is 0. The summed E-state index contributed by atoms with van der Waals surface area (Å²) in [6.07, 6.45) is 5.04. The van der Waals surface area contributed by atoms with Crippen LogP contribution in [-0.2, 0) is 11.8 Å². The van der Waals surface area contributed by atoms with Gasteiger partial charge in [-0.25, -0.2) is 0 Å². The third-order valence-electron chi connectivity index (χ3n) is 3.65. The molecule has 1 nitrogen and oxygen atoms in total. The Balaban J connectivity index is 1.92. The second-order valence-corrected chi connectivity index (χ2v) is 6.59. The third kappa shape index (κ3) is 3.85. The molecule has 0 amide bonds. The molecule has 0 radical (unpaired) electrons. The van der Waals surface area contributed by atoms with Crippen molar-refractivity contribution in [2.24, 2.45) is 11.7 Å². The third-order valence-corrected chi connectivity index (χ3v) is 3.65. The molecule has 1 fully saturated rings. The molecule has 0 aromatic heterocycles. The second-order valence-electron chi connectivity index (χ2n) is 6.59. The first kappa shape index (κ1) is 12.6. The molecule has 1 aliphatic rings. The summed E-state index contributed by atoms with van der Waals surface area (Å²) in [6.45, 7) is 6.75. The molecule has 2 rings (SSSR count). The highest BCUT2D eigenvalue weighted by Gasteiger charge is 2.23. The van der Waals surface area contributed by atoms with Gasteiger partial charge < -0.3 is 5.73 Å². The lowest BCUT2D eigenvalue weighted by Crippen LogP contribution is -2.23. The monoisotopic (exact) mass is 231 g/mol. The molecule has 0 aliphatic heterocycles. The van der Waals surface area contributed by atoms with Crippen molar-refractivity contribution in [3.05, 3.63) is 35.4 Å². The van der Waals surface area contributed by atoms with Gasteiger partial charge >= 0.3 is 0 Å². The smallest absolute Gasteiger partial charge is 0.00819 e. The molecule has 1 aromatic rings. The van der Waals surface area contributed by atoms with Crippen molar-refractivity contribution in [3.8, 4) is 0 Å². The van der Waals surface area contributed by atoms with Gasteiger partial charge in [-0.3, -0.25) is 0 Å². The second kappa shape index (κ2) is 4.81. The standard InChI is InChI=1S/C16H25N/c1-16(2,3)14-8-6-13(7-9-14)11-15(17)10-12-4-5-12/h6-9,12,15H,4-5,10-11,17H2,1-3H3. The number of benzene rings is 1. The predicted molar refractivity (Wildman–Crippen MR) is 74.2 cm³/mol. The summed E-state index contributed by atoms with van der Waals surface area (Å²) in [6, 6.07) is 9.34. The predicted octanol–water partition coefficient (Wildman–Crippen LogP) is 3.65. The molecular weight excluding hydrogens is 206 g/mol. The topological polar surface area (TPSA) is 26.0 Å². The number of hydrogen-bond acceptors (Lipinski definition) is 1. The number of rotatable bonds is 4. The van der Waals surface area contributed by atoms with Crippen LogP contribution in [0.5, 0.6) is 0 Å². The van der Waals surface area contributed by atoms with Crippen LogP contribution in [0.3, 0.4) is 0 Å². The van der Waals surface area contributed by atoms with Gasteiger partial charge in [0.05, 0.1) is 0 Å². The van der Waals surface area contributed by atoms with Crippen molar-refractivity contribution in [1.82, 2.24) is 0 Å². The summed E-state index contributed by atoms with van der Waals surface area (Å²) in [5.41, 5.74) is 9.20. The fourth-order valence-electron chi connectivity index (χ4n) is 2.31. The van der Waals surface area contributed by atoms with Crippen molar-refractivity contribution in [2.45, 2.75) is 57.9 Å². The molecule has 0 bridgehead atoms. The van der Waals surface area contributed by atoms with Crippen molar-refractivity contribution in [1.29, 1.82) is 0 Å². The number of hydrogen-bond donors (Lipinski definition) is 1. The van der Waals surface area contributed by atoms with E-state index in [-0.39, 0.29) is 5.41 Å². The first-order valence-corrected chi connectivity index (χ1v) is 6.80. The van der Waals surface area contributed by atoms with Crippen LogP contribution in [0.25, 0.3) is 0 Å². The molecule has 1 atom stereocenters. The molecule has 17 heavy (non-hydrogen) atoms. The molecule has 0 heterocycles. The van der Waals surface area contributed by atoms with E-state index in [1.807, 2.05) is 0 Å². The zero-order valence-corrected chi connectivity index (χ0v) is 11.4. The van der Waals surface area contributed by atoms with Gasteiger partial charge in [-0.15, -0.1) is 0 Å². The normalized spacial score (nSPS) is 18.1. The summed E-state index contributed by atoms with van der Waals surface area (Å²) in [7, 11) is 0. The van der Waals surface area contributed by atoms with Crippen LogP contribution in [0.15, 0.2) is 24.3 Å². The van der Waals surface area contributed by atoms with Crippen molar-refractivity contribution >= 4 is 0 Å². The lowest BCUT2D eigenvalue weighted by Gasteiger charge is -2.19. The Morgan fingerprint density at radius 1 is 1.18 bits per heavy atom. The number of nitrogens with two attached hydrogens (primary N) is 1. The summed E-state index contributed by atoms with van der Waals surface area (Å²) in [5.74, 6) is 0.929. The van der Waals surface area contributed by atoms with Crippen molar-refractivity contribution in [3.63, 3.8) is 0 Å². The highest BCUT2D eigenvalue weighted by molar-refractivity contribution is 5.27. The van der Waals surface area contributed by atoms with Gasteiger partial charge in [-0.2, -0.15) is 0 Å². The van der Waals surface area contributed by atoms with E-state index in [4.69, 9.17) is 5.73 Å². The molecule has 1 aliphatic carbocycles. The Kier molecular flexibility index (Phi) is 3.58. The van der Waals surface area contributed by atoms with E-state index < -0.39 is 0 Å². The highest BCUT2D eigenvalue weighted by Crippen LogP contribution is 2.33. The van der Waals surface area contributed by atoms with E-state index in [2.05, 4.69) is 45.0 Å². The maximum atomic E-state index is 6.17. The molecule has 1 saturated carbocycles. The maximum absolute atomic E-state index is 6.17. The van der Waals surface area contributed by atoms with Gasteiger partial charge in [-0.1, -0.05) is 57.9 Å². The van der Waals surface area contributed by atoms with Gasteiger partial charge in [0.15, 0.2) is 0 Å². The van der Waals surface area contributed by atoms with Crippen molar-refractivity contribution in [2.75, 3.05) is 0 Å². The molecular formula is C16H25N. The van der Waals surface area contributed by atoms with E-state index in [1.165, 1.54) is 30.4 Å². The van der Waals surface area contributed by atoms with Gasteiger partial charge in [0.1, 0.15) is 0 Å². The maximum Gasteiger partial charge on any atom is 0.00819 e. The van der Waals surface area contributed by atoms with E-state index in [9.17, 15) is 0 Å². The first-order valence-electron chi connectivity index (χ1n) is 6.80. The van der Waals surface area contributed by atoms with Gasteiger partial charge in [0.2, 0.25) is 0 Å². The highest BCUT2D eigenvalue weighted by atomic mass is 14.6. The van der Waals surface area contributed by atoms with Crippen LogP contribution in [-0.4, -0.2) is 6.04 Å². The molecule has 0 spiro atoms. The molecule has 0 saturated heterocycles. The lowest BCUT2D eigenvalue weighted by atomic mass is 9.86. The molecule has 94 valence electrons. The van der Waals surface area contributed by atoms with Crippen LogP contribution in [0.4, 0.5) is 0 Å². The SMILES string of the molecule is CC(C)(C)c1ccc(CC(N)CC2CC2)cc1. The fourth-order valence-corrected chi connectivity index (χ4v) is 2.31. The van der Waals surface area contributed by atoms with Gasteiger partial charge in [0, 0.05) is 6.04 Å². The lowest BCUT2D eigenvalue weighted by molar-refractivity contribution is 0.565. The Morgan fingerprint density at radius 3 is 2.24 bits per heavy atom. The largest absolute Gasteiger partial charge is 0.327 e. The van der Waals surface area contributed by atoms with E-state index in [0.29, 0.717) is 6.04 Å². The zero-order chi connectivity index (χ0) is 12.5. The Labute approximate surface area is 105 Å². The van der Waals surface area contributed by atoms with E-state index in [0.717, 1.165) is 12.3 Å².